The molecule has 1 heterocycles. The molecule has 2 rings (SSSR count). The van der Waals surface area contributed by atoms with Crippen molar-refractivity contribution in [2.45, 2.75) is 30.4 Å². The van der Waals surface area contributed by atoms with Crippen LogP contribution in [0, 0.1) is 6.92 Å². The molecule has 0 saturated heterocycles. The first kappa shape index (κ1) is 20.4. The molecule has 0 spiro atoms. The summed E-state index contributed by atoms with van der Waals surface area (Å²) in [4.78, 5) is 12.5. The first-order chi connectivity index (χ1) is 12.5. The van der Waals surface area contributed by atoms with Crippen molar-refractivity contribution in [2.75, 3.05) is 19.8 Å². The van der Waals surface area contributed by atoms with Crippen LogP contribution < -0.4 is 4.74 Å². The van der Waals surface area contributed by atoms with Gasteiger partial charge in [-0.15, -0.1) is 11.3 Å². The fourth-order valence-electron chi connectivity index (χ4n) is 2.36. The second kappa shape index (κ2) is 9.70. The lowest BCUT2D eigenvalue weighted by Crippen LogP contribution is -2.37. The van der Waals surface area contributed by atoms with Crippen molar-refractivity contribution in [1.82, 2.24) is 4.31 Å². The average molecular weight is 398 g/mol. The number of carbonyl (C=O) groups excluding carboxylic acids is 1. The van der Waals surface area contributed by atoms with Crippen molar-refractivity contribution in [1.29, 1.82) is 0 Å². The maximum atomic E-state index is 12.6. The number of rotatable bonds is 10. The van der Waals surface area contributed by atoms with Crippen molar-refractivity contribution >= 4 is 27.3 Å². The Morgan fingerprint density at radius 1 is 1.19 bits per heavy atom. The molecule has 0 atom stereocenters. The van der Waals surface area contributed by atoms with Gasteiger partial charge in [0.2, 0.25) is 5.91 Å². The summed E-state index contributed by atoms with van der Waals surface area (Å²) < 4.78 is 31.9. The van der Waals surface area contributed by atoms with E-state index in [9.17, 15) is 13.2 Å². The molecule has 2 aromatic rings. The summed E-state index contributed by atoms with van der Waals surface area (Å²) in [7, 11) is -3.87. The predicted molar refractivity (Wildman–Crippen MR) is 101 cm³/mol. The number of sulfonamides is 1. The molecule has 8 heteroatoms. The van der Waals surface area contributed by atoms with Crippen molar-refractivity contribution in [3.05, 3.63) is 47.3 Å². The molecule has 6 nitrogen and oxygen atoms in total. The van der Waals surface area contributed by atoms with E-state index in [-0.39, 0.29) is 30.2 Å². The fourth-order valence-corrected chi connectivity index (χ4v) is 4.93. The summed E-state index contributed by atoms with van der Waals surface area (Å²) in [6, 6.07) is 10.7. The number of hydrogen-bond donors (Lipinski definition) is 1. The van der Waals surface area contributed by atoms with E-state index >= 15 is 0 Å². The number of amides is 1. The van der Waals surface area contributed by atoms with E-state index in [4.69, 9.17) is 9.84 Å². The molecule has 0 aliphatic heterocycles. The Morgan fingerprint density at radius 3 is 2.62 bits per heavy atom. The molecule has 0 bridgehead atoms. The Labute approximate surface area is 158 Å². The van der Waals surface area contributed by atoms with E-state index in [1.807, 2.05) is 31.2 Å². The summed E-state index contributed by atoms with van der Waals surface area (Å²) in [5.41, 5.74) is 1.00. The van der Waals surface area contributed by atoms with Gasteiger partial charge in [-0.25, -0.2) is 12.7 Å². The molecule has 0 saturated carbocycles. The quantitative estimate of drug-likeness (QED) is 0.623. The summed E-state index contributed by atoms with van der Waals surface area (Å²) in [6.45, 7) is 2.04. The predicted octanol–water partition coefficient (Wildman–Crippen LogP) is 2.82. The molecule has 1 N–H and O–H groups in total. The molecule has 1 amide bonds. The number of para-hydroxylation sites is 1. The van der Waals surface area contributed by atoms with Crippen LogP contribution in [0.2, 0.25) is 0 Å². The molecule has 0 aliphatic carbocycles. The maximum Gasteiger partial charge on any atom is 0.275 e. The zero-order valence-corrected chi connectivity index (χ0v) is 16.3. The van der Waals surface area contributed by atoms with Gasteiger partial charge in [-0.3, -0.25) is 4.79 Å². The normalized spacial score (nSPS) is 11.3. The van der Waals surface area contributed by atoms with Crippen molar-refractivity contribution in [3.63, 3.8) is 0 Å². The lowest BCUT2D eigenvalue weighted by molar-refractivity contribution is -0.126. The van der Waals surface area contributed by atoms with Crippen LogP contribution in [0.5, 0.6) is 5.75 Å². The molecule has 1 aromatic carbocycles. The third kappa shape index (κ3) is 5.30. The Kier molecular flexibility index (Phi) is 7.62. The van der Waals surface area contributed by atoms with Crippen molar-refractivity contribution in [2.24, 2.45) is 0 Å². The largest absolute Gasteiger partial charge is 0.493 e. The van der Waals surface area contributed by atoms with Crippen LogP contribution in [0.4, 0.5) is 0 Å². The molecular formula is C18H23NO5S2. The van der Waals surface area contributed by atoms with Crippen LogP contribution in [-0.2, 0) is 14.8 Å². The number of thiophene rings is 1. The van der Waals surface area contributed by atoms with Gasteiger partial charge in [0.05, 0.1) is 6.61 Å². The van der Waals surface area contributed by atoms with Crippen LogP contribution >= 0.6 is 11.3 Å². The number of carbonyl (C=O) groups is 1. The van der Waals surface area contributed by atoms with Crippen LogP contribution in [0.25, 0.3) is 0 Å². The zero-order valence-electron chi connectivity index (χ0n) is 14.6. The second-order valence-corrected chi connectivity index (χ2v) is 8.73. The number of ether oxygens (including phenoxy) is 1. The summed E-state index contributed by atoms with van der Waals surface area (Å²) in [5, 5.41) is 10.7. The smallest absolute Gasteiger partial charge is 0.275 e. The number of aliphatic hydroxyl groups excluding tert-OH is 1. The van der Waals surface area contributed by atoms with Gasteiger partial charge in [-0.2, -0.15) is 0 Å². The molecule has 0 radical (unpaired) electrons. The molecule has 0 fully saturated rings. The average Bonchev–Trinajstić information content (AvgIpc) is 3.16. The minimum atomic E-state index is -3.87. The molecule has 0 aliphatic rings. The Balaban J connectivity index is 1.95. The monoisotopic (exact) mass is 397 g/mol. The first-order valence-electron chi connectivity index (χ1n) is 8.35. The number of hydrogen-bond acceptors (Lipinski definition) is 6. The number of aryl methyl sites for hydroxylation is 1. The van der Waals surface area contributed by atoms with Gasteiger partial charge in [0, 0.05) is 19.6 Å². The van der Waals surface area contributed by atoms with E-state index < -0.39 is 15.9 Å². The van der Waals surface area contributed by atoms with E-state index in [1.54, 1.807) is 11.4 Å². The Hall–Kier alpha value is -1.90. The van der Waals surface area contributed by atoms with Crippen LogP contribution in [0.3, 0.4) is 0 Å². The minimum Gasteiger partial charge on any atom is -0.493 e. The molecular weight excluding hydrogens is 374 g/mol. The molecule has 1 aromatic heterocycles. The summed E-state index contributed by atoms with van der Waals surface area (Å²) in [6.07, 6.45) is 0.667. The molecule has 26 heavy (non-hydrogen) atoms. The third-order valence-corrected chi connectivity index (χ3v) is 6.92. The second-order valence-electron chi connectivity index (χ2n) is 5.70. The van der Waals surface area contributed by atoms with Crippen molar-refractivity contribution in [3.8, 4) is 5.75 Å². The van der Waals surface area contributed by atoms with E-state index in [2.05, 4.69) is 0 Å². The highest BCUT2D eigenvalue weighted by molar-refractivity contribution is 7.91. The van der Waals surface area contributed by atoms with Crippen molar-refractivity contribution < 1.29 is 23.1 Å². The first-order valence-corrected chi connectivity index (χ1v) is 10.7. The number of nitrogens with zero attached hydrogens (tertiary/aromatic N) is 1. The SMILES string of the molecule is Cc1ccccc1OCCCC(=O)N(CCCO)S(=O)(=O)c1cccs1. The Morgan fingerprint density at radius 2 is 1.96 bits per heavy atom. The summed E-state index contributed by atoms with van der Waals surface area (Å²) in [5.74, 6) is 0.267. The molecule has 0 unspecified atom stereocenters. The van der Waals surface area contributed by atoms with Gasteiger partial charge >= 0.3 is 0 Å². The summed E-state index contributed by atoms with van der Waals surface area (Å²) >= 11 is 1.07. The standard InChI is InChI=1S/C18H23NO5S2/c1-15-7-2-3-8-16(15)24-13-4-9-17(21)19(11-6-12-20)26(22,23)18-10-5-14-25-18/h2-3,5,7-8,10,14,20H,4,6,9,11-13H2,1H3. The van der Waals surface area contributed by atoms with Gasteiger partial charge in [-0.05, 0) is 42.8 Å². The van der Waals surface area contributed by atoms with Gasteiger partial charge in [0.1, 0.15) is 9.96 Å². The van der Waals surface area contributed by atoms with Crippen LogP contribution in [0.1, 0.15) is 24.8 Å². The highest BCUT2D eigenvalue weighted by Gasteiger charge is 2.29. The highest BCUT2D eigenvalue weighted by atomic mass is 32.2. The van der Waals surface area contributed by atoms with Crippen LogP contribution in [-0.4, -0.2) is 43.5 Å². The fraction of sp³-hybridized carbons (Fsp3) is 0.389. The zero-order chi connectivity index (χ0) is 19.0. The minimum absolute atomic E-state index is 0.0335. The third-order valence-electron chi connectivity index (χ3n) is 3.72. The number of aliphatic hydroxyl groups is 1. The van der Waals surface area contributed by atoms with Gasteiger partial charge in [0.15, 0.2) is 0 Å². The topological polar surface area (TPSA) is 83.9 Å². The lowest BCUT2D eigenvalue weighted by atomic mass is 10.2. The lowest BCUT2D eigenvalue weighted by Gasteiger charge is -2.21. The highest BCUT2D eigenvalue weighted by Crippen LogP contribution is 2.22. The van der Waals surface area contributed by atoms with E-state index in [0.717, 1.165) is 27.0 Å². The number of benzene rings is 1. The Bertz CT molecular complexity index is 803. The van der Waals surface area contributed by atoms with E-state index in [1.165, 1.54) is 6.07 Å². The molecule has 142 valence electrons. The van der Waals surface area contributed by atoms with Crippen LogP contribution in [0.15, 0.2) is 46.0 Å². The van der Waals surface area contributed by atoms with E-state index in [0.29, 0.717) is 13.0 Å². The van der Waals surface area contributed by atoms with Gasteiger partial charge in [-0.1, -0.05) is 24.3 Å². The maximum absolute atomic E-state index is 12.6. The van der Waals surface area contributed by atoms with Gasteiger partial charge < -0.3 is 9.84 Å². The van der Waals surface area contributed by atoms with Gasteiger partial charge in [0.25, 0.3) is 10.0 Å².